The van der Waals surface area contributed by atoms with E-state index < -0.39 is 17.8 Å². The Morgan fingerprint density at radius 1 is 1.38 bits per heavy atom. The monoisotopic (exact) mass is 234 g/mol. The molecule has 0 aliphatic carbocycles. The highest BCUT2D eigenvalue weighted by Gasteiger charge is 2.43. The van der Waals surface area contributed by atoms with Crippen molar-refractivity contribution in [2.24, 2.45) is 0 Å². The molecule has 0 aliphatic heterocycles. The molecule has 0 rings (SSSR count). The first-order valence-corrected chi connectivity index (χ1v) is 5.68. The van der Waals surface area contributed by atoms with Crippen molar-refractivity contribution in [3.63, 3.8) is 0 Å². The van der Waals surface area contributed by atoms with Gasteiger partial charge in [0.2, 0.25) is 5.78 Å². The minimum atomic E-state index is -3.65. The number of hydrogen-bond acceptors (Lipinski definition) is 2. The van der Waals surface area contributed by atoms with Gasteiger partial charge in [-0.25, -0.2) is 0 Å². The van der Waals surface area contributed by atoms with Crippen molar-refractivity contribution in [2.75, 3.05) is 0 Å². The Balaban J connectivity index is 4.13. The van der Waals surface area contributed by atoms with Gasteiger partial charge in [-0.15, -0.1) is 0 Å². The maximum atomic E-state index is 13.3. The summed E-state index contributed by atoms with van der Waals surface area (Å²) in [6.45, 7) is 3.53. The number of carbonyl (C=O) groups excluding carboxylic acids is 1. The van der Waals surface area contributed by atoms with E-state index >= 15 is 0 Å². The molecular weight excluding hydrogens is 214 g/mol. The molecule has 0 radical (unpaired) electrons. The Morgan fingerprint density at radius 3 is 2.50 bits per heavy atom. The average Bonchev–Trinajstić information content (AvgIpc) is 2.24. The average molecular weight is 234 g/mol. The third-order valence-electron chi connectivity index (χ3n) is 2.38. The maximum Gasteiger partial charge on any atom is 0.333 e. The van der Waals surface area contributed by atoms with Crippen LogP contribution in [0.15, 0.2) is 12.2 Å². The molecule has 1 atom stereocenters. The number of allylic oxidation sites excluding steroid dienone is 1. The molecule has 0 saturated carbocycles. The highest BCUT2D eigenvalue weighted by molar-refractivity contribution is 5.86. The minimum absolute atomic E-state index is 0.165. The van der Waals surface area contributed by atoms with E-state index in [9.17, 15) is 13.6 Å². The zero-order valence-corrected chi connectivity index (χ0v) is 9.88. The second-order valence-electron chi connectivity index (χ2n) is 3.83. The summed E-state index contributed by atoms with van der Waals surface area (Å²) < 4.78 is 26.5. The Labute approximate surface area is 95.4 Å². The molecule has 0 aromatic rings. The quantitative estimate of drug-likeness (QED) is 0.517. The molecule has 16 heavy (non-hydrogen) atoms. The van der Waals surface area contributed by atoms with Gasteiger partial charge in [-0.05, 0) is 13.3 Å². The molecule has 0 bridgehead atoms. The Kier molecular flexibility index (Phi) is 7.13. The fourth-order valence-electron chi connectivity index (χ4n) is 1.35. The first-order chi connectivity index (χ1) is 7.46. The van der Waals surface area contributed by atoms with E-state index in [1.165, 1.54) is 13.0 Å². The number of rotatable bonds is 8. The summed E-state index contributed by atoms with van der Waals surface area (Å²) >= 11 is 0. The van der Waals surface area contributed by atoms with Crippen molar-refractivity contribution in [1.29, 1.82) is 0 Å². The lowest BCUT2D eigenvalue weighted by molar-refractivity contribution is -0.155. The third-order valence-corrected chi connectivity index (χ3v) is 2.38. The van der Waals surface area contributed by atoms with Crippen LogP contribution in [-0.2, 0) is 4.79 Å². The lowest BCUT2D eigenvalue weighted by Crippen LogP contribution is -2.40. The highest BCUT2D eigenvalue weighted by Crippen LogP contribution is 2.23. The van der Waals surface area contributed by atoms with Crippen LogP contribution in [0.5, 0.6) is 0 Å². The van der Waals surface area contributed by atoms with Crippen LogP contribution in [0.25, 0.3) is 0 Å². The number of carbonyl (C=O) groups is 1. The number of Topliss-reactive ketones (excluding diaryl/α,β-unsaturated/α-hetero) is 1. The van der Waals surface area contributed by atoms with Gasteiger partial charge in [0, 0.05) is 6.42 Å². The summed E-state index contributed by atoms with van der Waals surface area (Å²) in [4.78, 5) is 11.2. The van der Waals surface area contributed by atoms with Crippen LogP contribution in [0.4, 0.5) is 8.78 Å². The maximum absolute atomic E-state index is 13.3. The van der Waals surface area contributed by atoms with Gasteiger partial charge in [0.05, 0.1) is 0 Å². The van der Waals surface area contributed by atoms with Crippen molar-refractivity contribution in [1.82, 2.24) is 0 Å². The molecule has 0 spiro atoms. The number of unbranched alkanes of at least 4 members (excludes halogenated alkanes) is 3. The van der Waals surface area contributed by atoms with Gasteiger partial charge in [-0.3, -0.25) is 4.79 Å². The van der Waals surface area contributed by atoms with E-state index in [0.717, 1.165) is 25.3 Å². The summed E-state index contributed by atoms with van der Waals surface area (Å²) in [7, 11) is 0. The normalized spacial score (nSPS) is 14.3. The van der Waals surface area contributed by atoms with E-state index in [-0.39, 0.29) is 6.42 Å². The Morgan fingerprint density at radius 2 is 2.00 bits per heavy atom. The zero-order chi connectivity index (χ0) is 12.6. The number of halogens is 2. The molecule has 0 heterocycles. The molecular formula is C12H20F2O2. The van der Waals surface area contributed by atoms with Crippen LogP contribution in [0.3, 0.4) is 0 Å². The Bertz CT molecular complexity index is 237. The fourth-order valence-corrected chi connectivity index (χ4v) is 1.35. The van der Waals surface area contributed by atoms with E-state index in [4.69, 9.17) is 5.11 Å². The molecule has 0 fully saturated rings. The summed E-state index contributed by atoms with van der Waals surface area (Å²) in [6.07, 6.45) is 3.25. The van der Waals surface area contributed by atoms with Gasteiger partial charge in [0.1, 0.15) is 6.10 Å². The molecule has 0 aromatic carbocycles. The van der Waals surface area contributed by atoms with E-state index in [2.05, 4.69) is 0 Å². The lowest BCUT2D eigenvalue weighted by atomic mass is 10.0. The number of ketones is 1. The molecule has 0 aromatic heterocycles. The summed E-state index contributed by atoms with van der Waals surface area (Å²) in [5, 5.41) is 9.09. The highest BCUT2D eigenvalue weighted by atomic mass is 19.3. The van der Waals surface area contributed by atoms with Gasteiger partial charge < -0.3 is 5.11 Å². The first-order valence-electron chi connectivity index (χ1n) is 5.68. The van der Waals surface area contributed by atoms with Crippen molar-refractivity contribution in [3.8, 4) is 0 Å². The van der Waals surface area contributed by atoms with Crippen LogP contribution in [0.2, 0.25) is 0 Å². The van der Waals surface area contributed by atoms with Crippen LogP contribution >= 0.6 is 0 Å². The largest absolute Gasteiger partial charge is 0.382 e. The van der Waals surface area contributed by atoms with E-state index in [1.54, 1.807) is 0 Å². The molecule has 4 heteroatoms. The van der Waals surface area contributed by atoms with Crippen molar-refractivity contribution in [2.45, 2.75) is 58.0 Å². The van der Waals surface area contributed by atoms with Crippen LogP contribution < -0.4 is 0 Å². The molecule has 1 N–H and O–H groups in total. The summed E-state index contributed by atoms with van der Waals surface area (Å²) in [5.74, 6) is -4.83. The van der Waals surface area contributed by atoms with Crippen molar-refractivity contribution in [3.05, 3.63) is 12.2 Å². The van der Waals surface area contributed by atoms with Crippen LogP contribution in [-0.4, -0.2) is 22.9 Å². The van der Waals surface area contributed by atoms with Crippen LogP contribution in [0, 0.1) is 0 Å². The predicted molar refractivity (Wildman–Crippen MR) is 59.5 cm³/mol. The second kappa shape index (κ2) is 7.49. The molecule has 2 nitrogen and oxygen atoms in total. The third kappa shape index (κ3) is 4.84. The predicted octanol–water partition coefficient (Wildman–Crippen LogP) is 3.10. The van der Waals surface area contributed by atoms with Crippen LogP contribution in [0.1, 0.15) is 46.0 Å². The lowest BCUT2D eigenvalue weighted by Gasteiger charge is -2.18. The fraction of sp³-hybridized carbons (Fsp3) is 0.750. The number of alkyl halides is 2. The second-order valence-corrected chi connectivity index (χ2v) is 3.83. The van der Waals surface area contributed by atoms with E-state index in [1.807, 2.05) is 6.92 Å². The molecule has 0 aliphatic rings. The van der Waals surface area contributed by atoms with Crippen molar-refractivity contribution >= 4 is 5.78 Å². The number of aliphatic hydroxyl groups excluding tert-OH is 1. The Hall–Kier alpha value is -0.770. The molecule has 94 valence electrons. The number of hydrogen-bond donors (Lipinski definition) is 1. The van der Waals surface area contributed by atoms with Gasteiger partial charge in [0.15, 0.2) is 0 Å². The zero-order valence-electron chi connectivity index (χ0n) is 9.88. The standard InChI is InChI=1S/C12H20F2O2/c1-3-5-6-7-9-11(16)12(13,14)10(15)8-4-2/h4,8,10,15H,3,5-7,9H2,1-2H3/b8-4+/t10-/m1/s1. The van der Waals surface area contributed by atoms with E-state index in [0.29, 0.717) is 6.42 Å². The molecule has 0 unspecified atom stereocenters. The van der Waals surface area contributed by atoms with Crippen molar-refractivity contribution < 1.29 is 18.7 Å². The van der Waals surface area contributed by atoms with Gasteiger partial charge in [-0.1, -0.05) is 38.3 Å². The van der Waals surface area contributed by atoms with Gasteiger partial charge >= 0.3 is 5.92 Å². The first kappa shape index (κ1) is 15.2. The summed E-state index contributed by atoms with van der Waals surface area (Å²) in [6, 6.07) is 0. The number of aliphatic hydroxyl groups is 1. The van der Waals surface area contributed by atoms with Gasteiger partial charge in [0.25, 0.3) is 0 Å². The molecule has 0 saturated heterocycles. The molecule has 0 amide bonds. The topological polar surface area (TPSA) is 37.3 Å². The summed E-state index contributed by atoms with van der Waals surface area (Å²) in [5.41, 5.74) is 0. The minimum Gasteiger partial charge on any atom is -0.382 e. The van der Waals surface area contributed by atoms with Gasteiger partial charge in [-0.2, -0.15) is 8.78 Å². The smallest absolute Gasteiger partial charge is 0.333 e. The SMILES string of the molecule is C/C=C/[C@@H](O)C(F)(F)C(=O)CCCCCC.